The lowest BCUT2D eigenvalue weighted by molar-refractivity contribution is -0.153. The molecule has 0 heterocycles. The van der Waals surface area contributed by atoms with Crippen LogP contribution in [0.1, 0.15) is 18.4 Å². The third-order valence-corrected chi connectivity index (χ3v) is 3.55. The number of allylic oxidation sites excluding steroid dienone is 1. The van der Waals surface area contributed by atoms with Crippen molar-refractivity contribution in [3.8, 4) is 11.5 Å². The van der Waals surface area contributed by atoms with Gasteiger partial charge in [-0.25, -0.2) is 0 Å². The highest BCUT2D eigenvalue weighted by Crippen LogP contribution is 2.29. The molecule has 9 heteroatoms. The summed E-state index contributed by atoms with van der Waals surface area (Å²) < 4.78 is 46.8. The van der Waals surface area contributed by atoms with Gasteiger partial charge in [0.05, 0.1) is 7.11 Å². The molecule has 1 aromatic carbocycles. The first-order valence-corrected chi connectivity index (χ1v) is 8.20. The number of alkyl halides is 3. The van der Waals surface area contributed by atoms with Crippen molar-refractivity contribution in [2.45, 2.75) is 25.6 Å². The van der Waals surface area contributed by atoms with Crippen LogP contribution in [0.2, 0.25) is 0 Å². The highest BCUT2D eigenvalue weighted by Gasteiger charge is 2.29. The van der Waals surface area contributed by atoms with Crippen LogP contribution < -0.4 is 14.8 Å². The van der Waals surface area contributed by atoms with E-state index >= 15 is 0 Å². The molecule has 154 valence electrons. The van der Waals surface area contributed by atoms with Crippen LogP contribution in [0, 0.1) is 0 Å². The second-order valence-corrected chi connectivity index (χ2v) is 5.64. The number of benzene rings is 1. The number of nitrogens with zero attached hydrogens (tertiary/aromatic N) is 2. The molecule has 0 aliphatic carbocycles. The molecule has 0 spiro atoms. The number of methoxy groups -OCH3 is 1. The molecular formula is C18H27F3IN3O2. The molecule has 0 saturated carbocycles. The molecule has 27 heavy (non-hydrogen) atoms. The molecule has 0 amide bonds. The molecule has 0 unspecified atom stereocenters. The van der Waals surface area contributed by atoms with Crippen molar-refractivity contribution in [2.24, 2.45) is 4.99 Å². The van der Waals surface area contributed by atoms with E-state index in [0.717, 1.165) is 30.9 Å². The average Bonchev–Trinajstić information content (AvgIpc) is 2.60. The van der Waals surface area contributed by atoms with Crippen LogP contribution >= 0.6 is 24.0 Å². The number of unbranched alkanes of at least 4 members (excludes halogenated alkanes) is 1. The Labute approximate surface area is 175 Å². The molecule has 1 aromatic rings. The van der Waals surface area contributed by atoms with Crippen molar-refractivity contribution in [1.29, 1.82) is 0 Å². The Morgan fingerprint density at radius 3 is 2.59 bits per heavy atom. The molecule has 1 rings (SSSR count). The second-order valence-electron chi connectivity index (χ2n) is 5.64. The lowest BCUT2D eigenvalue weighted by atomic mass is 10.2. The van der Waals surface area contributed by atoms with Crippen LogP contribution in [0.5, 0.6) is 11.5 Å². The molecule has 0 aromatic heterocycles. The summed E-state index contributed by atoms with van der Waals surface area (Å²) in [6.07, 6.45) is -0.621. The fourth-order valence-corrected chi connectivity index (χ4v) is 2.25. The number of aliphatic imine (C=N–C) groups is 1. The normalized spacial score (nSPS) is 11.4. The molecule has 5 nitrogen and oxygen atoms in total. The minimum atomic E-state index is -4.39. The van der Waals surface area contributed by atoms with Crippen molar-refractivity contribution >= 4 is 29.9 Å². The number of hydrogen-bond acceptors (Lipinski definition) is 3. The first-order valence-electron chi connectivity index (χ1n) is 8.20. The van der Waals surface area contributed by atoms with Crippen molar-refractivity contribution < 1.29 is 22.6 Å². The average molecular weight is 501 g/mol. The van der Waals surface area contributed by atoms with Gasteiger partial charge in [0.15, 0.2) is 24.1 Å². The molecule has 0 aliphatic rings. The highest BCUT2D eigenvalue weighted by atomic mass is 127. The molecule has 1 N–H and O–H groups in total. The SMILES string of the molecule is C=CCCCN(C)C(=NC)NCc1ccc(OCC(F)(F)F)c(OC)c1.I. The van der Waals surface area contributed by atoms with Gasteiger partial charge in [-0.05, 0) is 30.5 Å². The largest absolute Gasteiger partial charge is 0.493 e. The number of guanidine groups is 1. The molecule has 0 bridgehead atoms. The topological polar surface area (TPSA) is 46.1 Å². The smallest absolute Gasteiger partial charge is 0.422 e. The van der Waals surface area contributed by atoms with Gasteiger partial charge in [0.2, 0.25) is 0 Å². The van der Waals surface area contributed by atoms with Crippen LogP contribution in [0.3, 0.4) is 0 Å². The zero-order valence-electron chi connectivity index (χ0n) is 15.8. The predicted octanol–water partition coefficient (Wildman–Crippen LogP) is 4.23. The van der Waals surface area contributed by atoms with Gasteiger partial charge in [-0.3, -0.25) is 4.99 Å². The minimum absolute atomic E-state index is 0. The third kappa shape index (κ3) is 9.73. The summed E-state index contributed by atoms with van der Waals surface area (Å²) in [6.45, 7) is 3.63. The number of halogens is 4. The van der Waals surface area contributed by atoms with Gasteiger partial charge >= 0.3 is 6.18 Å². The van der Waals surface area contributed by atoms with E-state index in [9.17, 15) is 13.2 Å². The van der Waals surface area contributed by atoms with E-state index in [-0.39, 0.29) is 35.5 Å². The van der Waals surface area contributed by atoms with E-state index in [0.29, 0.717) is 6.54 Å². The Morgan fingerprint density at radius 2 is 2.04 bits per heavy atom. The minimum Gasteiger partial charge on any atom is -0.493 e. The van der Waals surface area contributed by atoms with Crippen molar-refractivity contribution in [3.05, 3.63) is 36.4 Å². The molecule has 0 aliphatic heterocycles. The summed E-state index contributed by atoms with van der Waals surface area (Å²) >= 11 is 0. The summed E-state index contributed by atoms with van der Waals surface area (Å²) in [5.41, 5.74) is 0.835. The predicted molar refractivity (Wildman–Crippen MR) is 112 cm³/mol. The maximum Gasteiger partial charge on any atom is 0.422 e. The monoisotopic (exact) mass is 501 g/mol. The second kappa shape index (κ2) is 12.7. The van der Waals surface area contributed by atoms with E-state index in [4.69, 9.17) is 9.47 Å². The highest BCUT2D eigenvalue weighted by molar-refractivity contribution is 14.0. The summed E-state index contributed by atoms with van der Waals surface area (Å²) in [6, 6.07) is 4.80. The van der Waals surface area contributed by atoms with E-state index < -0.39 is 12.8 Å². The summed E-state index contributed by atoms with van der Waals surface area (Å²) in [5, 5.41) is 3.21. The Morgan fingerprint density at radius 1 is 1.33 bits per heavy atom. The van der Waals surface area contributed by atoms with Gasteiger partial charge in [0.25, 0.3) is 0 Å². The van der Waals surface area contributed by atoms with Crippen molar-refractivity contribution in [1.82, 2.24) is 10.2 Å². The van der Waals surface area contributed by atoms with Crippen LogP contribution in [0.4, 0.5) is 13.2 Å². The summed E-state index contributed by atoms with van der Waals surface area (Å²) in [4.78, 5) is 6.22. The van der Waals surface area contributed by atoms with Gasteiger partial charge in [-0.15, -0.1) is 30.6 Å². The van der Waals surface area contributed by atoms with E-state index in [1.54, 1.807) is 19.2 Å². The third-order valence-electron chi connectivity index (χ3n) is 3.55. The number of hydrogen-bond donors (Lipinski definition) is 1. The maximum atomic E-state index is 12.3. The summed E-state index contributed by atoms with van der Waals surface area (Å²) in [5.74, 6) is 1.04. The lowest BCUT2D eigenvalue weighted by Crippen LogP contribution is -2.38. The van der Waals surface area contributed by atoms with Crippen LogP contribution in [-0.4, -0.2) is 51.4 Å². The van der Waals surface area contributed by atoms with Crippen LogP contribution in [-0.2, 0) is 6.54 Å². The first kappa shape index (κ1) is 25.4. The number of nitrogens with one attached hydrogen (secondary N) is 1. The number of ether oxygens (including phenoxy) is 2. The van der Waals surface area contributed by atoms with Gasteiger partial charge in [0, 0.05) is 27.2 Å². The van der Waals surface area contributed by atoms with Gasteiger partial charge in [-0.2, -0.15) is 13.2 Å². The Kier molecular flexibility index (Phi) is 11.9. The molecule has 0 radical (unpaired) electrons. The Bertz CT molecular complexity index is 610. The van der Waals surface area contributed by atoms with Gasteiger partial charge < -0.3 is 19.7 Å². The maximum absolute atomic E-state index is 12.3. The molecule has 0 saturated heterocycles. The molecular weight excluding hydrogens is 474 g/mol. The zero-order chi connectivity index (χ0) is 19.6. The first-order chi connectivity index (χ1) is 12.3. The number of rotatable bonds is 9. The lowest BCUT2D eigenvalue weighted by Gasteiger charge is -2.22. The summed E-state index contributed by atoms with van der Waals surface area (Å²) in [7, 11) is 5.02. The van der Waals surface area contributed by atoms with E-state index in [1.807, 2.05) is 18.0 Å². The van der Waals surface area contributed by atoms with Crippen molar-refractivity contribution in [2.75, 3.05) is 34.4 Å². The van der Waals surface area contributed by atoms with E-state index in [2.05, 4.69) is 16.9 Å². The van der Waals surface area contributed by atoms with Crippen LogP contribution in [0.25, 0.3) is 0 Å². The molecule has 0 atom stereocenters. The standard InChI is InChI=1S/C18H26F3N3O2.HI/c1-5-6-7-10-24(3)17(22-2)23-12-14-8-9-15(16(11-14)25-4)26-13-18(19,20)21;/h5,8-9,11H,1,6-7,10,12-13H2,2-4H3,(H,22,23);1H. The van der Waals surface area contributed by atoms with Gasteiger partial charge in [-0.1, -0.05) is 12.1 Å². The fraction of sp³-hybridized carbons (Fsp3) is 0.500. The van der Waals surface area contributed by atoms with Gasteiger partial charge in [0.1, 0.15) is 0 Å². The van der Waals surface area contributed by atoms with Crippen LogP contribution in [0.15, 0.2) is 35.8 Å². The van der Waals surface area contributed by atoms with Crippen molar-refractivity contribution in [3.63, 3.8) is 0 Å². The Hall–Kier alpha value is -1.65. The van der Waals surface area contributed by atoms with E-state index in [1.165, 1.54) is 13.2 Å². The zero-order valence-corrected chi connectivity index (χ0v) is 18.1. The fourth-order valence-electron chi connectivity index (χ4n) is 2.25. The molecule has 0 fully saturated rings. The quantitative estimate of drug-likeness (QED) is 0.181. The Balaban J connectivity index is 0.00000676.